The molecule has 2 aromatic carbocycles. The first-order valence-electron chi connectivity index (χ1n) is 7.86. The van der Waals surface area contributed by atoms with Gasteiger partial charge in [-0.1, -0.05) is 12.1 Å². The third kappa shape index (κ3) is 3.97. The number of aromatic nitrogens is 1. The monoisotopic (exact) mass is 344 g/mol. The van der Waals surface area contributed by atoms with Crippen LogP contribution in [0.3, 0.4) is 0 Å². The number of ether oxygens (including phenoxy) is 1. The Balaban J connectivity index is 1.75. The van der Waals surface area contributed by atoms with Gasteiger partial charge in [-0.3, -0.25) is 9.78 Å². The molecule has 0 unspecified atom stereocenters. The van der Waals surface area contributed by atoms with E-state index in [0.717, 1.165) is 11.4 Å². The fourth-order valence-corrected chi connectivity index (χ4v) is 2.36. The maximum atomic E-state index is 12.5. The lowest BCUT2D eigenvalue weighted by Crippen LogP contribution is -2.13. The fourth-order valence-electron chi connectivity index (χ4n) is 2.36. The molecule has 0 saturated carbocycles. The van der Waals surface area contributed by atoms with Gasteiger partial charge in [0.25, 0.3) is 5.91 Å². The summed E-state index contributed by atoms with van der Waals surface area (Å²) in [6.45, 7) is 0. The van der Waals surface area contributed by atoms with Gasteiger partial charge in [-0.25, -0.2) is 0 Å². The van der Waals surface area contributed by atoms with Crippen molar-refractivity contribution >= 4 is 23.0 Å². The van der Waals surface area contributed by atoms with Crippen LogP contribution in [0.2, 0.25) is 0 Å². The Morgan fingerprint density at radius 3 is 2.58 bits per heavy atom. The molecule has 3 rings (SSSR count). The lowest BCUT2D eigenvalue weighted by atomic mass is 10.2. The zero-order chi connectivity index (χ0) is 18.4. The van der Waals surface area contributed by atoms with Crippen LogP contribution < -0.4 is 15.4 Å². The number of benzene rings is 2. The number of hydrogen-bond acceptors (Lipinski definition) is 5. The van der Waals surface area contributed by atoms with Gasteiger partial charge in [0.1, 0.15) is 11.8 Å². The number of para-hydroxylation sites is 1. The second-order valence-corrected chi connectivity index (χ2v) is 5.43. The Morgan fingerprint density at radius 2 is 1.85 bits per heavy atom. The maximum Gasteiger partial charge on any atom is 0.257 e. The van der Waals surface area contributed by atoms with E-state index < -0.39 is 0 Å². The summed E-state index contributed by atoms with van der Waals surface area (Å²) in [7, 11) is 1.61. The minimum Gasteiger partial charge on any atom is -0.497 e. The summed E-state index contributed by atoms with van der Waals surface area (Å²) in [6, 6.07) is 18.0. The lowest BCUT2D eigenvalue weighted by molar-refractivity contribution is 0.102. The molecular weight excluding hydrogens is 328 g/mol. The van der Waals surface area contributed by atoms with Crippen LogP contribution in [-0.4, -0.2) is 18.0 Å². The number of rotatable bonds is 5. The normalized spacial score (nSPS) is 9.85. The summed E-state index contributed by atoms with van der Waals surface area (Å²) in [4.78, 5) is 16.6. The van der Waals surface area contributed by atoms with E-state index >= 15 is 0 Å². The van der Waals surface area contributed by atoms with Gasteiger partial charge in [0.2, 0.25) is 0 Å². The summed E-state index contributed by atoms with van der Waals surface area (Å²) in [6.07, 6.45) is 3.10. The molecule has 6 heteroatoms. The molecule has 2 N–H and O–H groups in total. The van der Waals surface area contributed by atoms with Crippen molar-refractivity contribution in [2.45, 2.75) is 0 Å². The average Bonchev–Trinajstić information content (AvgIpc) is 2.69. The SMILES string of the molecule is COc1ccc(Nc2cncc(C(=O)Nc3ccccc3C#N)c2)cc1. The number of nitriles is 1. The van der Waals surface area contributed by atoms with Crippen molar-refractivity contribution in [2.75, 3.05) is 17.7 Å². The second-order valence-electron chi connectivity index (χ2n) is 5.43. The van der Waals surface area contributed by atoms with E-state index in [4.69, 9.17) is 10.00 Å². The van der Waals surface area contributed by atoms with Crippen molar-refractivity contribution in [3.63, 3.8) is 0 Å². The summed E-state index contributed by atoms with van der Waals surface area (Å²) >= 11 is 0. The van der Waals surface area contributed by atoms with E-state index in [2.05, 4.69) is 21.7 Å². The molecule has 1 aromatic heterocycles. The van der Waals surface area contributed by atoms with Crippen LogP contribution in [-0.2, 0) is 0 Å². The van der Waals surface area contributed by atoms with Gasteiger partial charge < -0.3 is 15.4 Å². The zero-order valence-corrected chi connectivity index (χ0v) is 14.1. The minimum absolute atomic E-state index is 0.335. The molecular formula is C20H16N4O2. The van der Waals surface area contributed by atoms with E-state index in [9.17, 15) is 4.79 Å². The van der Waals surface area contributed by atoms with E-state index in [-0.39, 0.29) is 5.91 Å². The third-order valence-electron chi connectivity index (χ3n) is 3.67. The number of anilines is 3. The predicted octanol–water partition coefficient (Wildman–Crippen LogP) is 3.96. The van der Waals surface area contributed by atoms with Crippen molar-refractivity contribution in [1.29, 1.82) is 5.26 Å². The molecule has 3 aromatic rings. The maximum absolute atomic E-state index is 12.5. The van der Waals surface area contributed by atoms with Gasteiger partial charge in [0.15, 0.2) is 0 Å². The second kappa shape index (κ2) is 7.81. The summed E-state index contributed by atoms with van der Waals surface area (Å²) in [5, 5.41) is 15.0. The van der Waals surface area contributed by atoms with Crippen LogP contribution in [0.4, 0.5) is 17.1 Å². The van der Waals surface area contributed by atoms with Crippen molar-refractivity contribution in [3.8, 4) is 11.8 Å². The number of methoxy groups -OCH3 is 1. The lowest BCUT2D eigenvalue weighted by Gasteiger charge is -2.10. The first kappa shape index (κ1) is 17.0. The number of carbonyl (C=O) groups excluding carboxylic acids is 1. The van der Waals surface area contributed by atoms with Crippen LogP contribution in [0.5, 0.6) is 5.75 Å². The topological polar surface area (TPSA) is 87.0 Å². The Labute approximate surface area is 151 Å². The third-order valence-corrected chi connectivity index (χ3v) is 3.67. The van der Waals surface area contributed by atoms with Gasteiger partial charge in [-0.2, -0.15) is 5.26 Å². The van der Waals surface area contributed by atoms with Gasteiger partial charge in [0.05, 0.1) is 35.8 Å². The molecule has 1 heterocycles. The molecule has 26 heavy (non-hydrogen) atoms. The van der Waals surface area contributed by atoms with E-state index in [1.54, 1.807) is 43.6 Å². The average molecular weight is 344 g/mol. The van der Waals surface area contributed by atoms with E-state index in [1.165, 1.54) is 6.20 Å². The minimum atomic E-state index is -0.335. The van der Waals surface area contributed by atoms with Crippen molar-refractivity contribution in [2.24, 2.45) is 0 Å². The predicted molar refractivity (Wildman–Crippen MR) is 99.6 cm³/mol. The summed E-state index contributed by atoms with van der Waals surface area (Å²) < 4.78 is 5.13. The summed E-state index contributed by atoms with van der Waals surface area (Å²) in [5.41, 5.74) is 2.78. The molecule has 0 radical (unpaired) electrons. The number of amides is 1. The van der Waals surface area contributed by atoms with Crippen LogP contribution in [0.25, 0.3) is 0 Å². The standard InChI is InChI=1S/C20H16N4O2/c1-26-18-8-6-16(7-9-18)23-17-10-15(12-22-13-17)20(25)24-19-5-3-2-4-14(19)11-21/h2-10,12-13,23H,1H3,(H,24,25). The molecule has 0 aliphatic carbocycles. The molecule has 0 aliphatic heterocycles. The molecule has 128 valence electrons. The van der Waals surface area contributed by atoms with Crippen LogP contribution in [0.15, 0.2) is 67.0 Å². The highest BCUT2D eigenvalue weighted by Crippen LogP contribution is 2.21. The molecule has 0 bridgehead atoms. The van der Waals surface area contributed by atoms with Crippen LogP contribution in [0, 0.1) is 11.3 Å². The molecule has 0 aliphatic rings. The largest absolute Gasteiger partial charge is 0.497 e. The molecule has 0 spiro atoms. The first-order valence-corrected chi connectivity index (χ1v) is 7.86. The number of pyridine rings is 1. The molecule has 0 atom stereocenters. The highest BCUT2D eigenvalue weighted by molar-refractivity contribution is 6.05. The number of carbonyl (C=O) groups is 1. The van der Waals surface area contributed by atoms with Gasteiger partial charge >= 0.3 is 0 Å². The number of nitrogens with one attached hydrogen (secondary N) is 2. The van der Waals surface area contributed by atoms with Gasteiger partial charge in [-0.05, 0) is 42.5 Å². The van der Waals surface area contributed by atoms with Gasteiger partial charge in [-0.15, -0.1) is 0 Å². The Kier molecular flexibility index (Phi) is 5.11. The fraction of sp³-hybridized carbons (Fsp3) is 0.0500. The Bertz CT molecular complexity index is 962. The molecule has 6 nitrogen and oxygen atoms in total. The Hall–Kier alpha value is -3.85. The Morgan fingerprint density at radius 1 is 1.08 bits per heavy atom. The highest BCUT2D eigenvalue weighted by Gasteiger charge is 2.10. The smallest absolute Gasteiger partial charge is 0.257 e. The molecule has 1 amide bonds. The van der Waals surface area contributed by atoms with Crippen molar-refractivity contribution in [1.82, 2.24) is 4.98 Å². The number of hydrogen-bond donors (Lipinski definition) is 2. The van der Waals surface area contributed by atoms with Gasteiger partial charge in [0, 0.05) is 11.9 Å². The van der Waals surface area contributed by atoms with Crippen LogP contribution >= 0.6 is 0 Å². The van der Waals surface area contributed by atoms with Crippen molar-refractivity contribution in [3.05, 3.63) is 78.1 Å². The molecule has 0 saturated heterocycles. The first-order chi connectivity index (χ1) is 12.7. The number of nitrogens with zero attached hydrogens (tertiary/aromatic N) is 2. The van der Waals surface area contributed by atoms with E-state index in [1.807, 2.05) is 24.3 Å². The quantitative estimate of drug-likeness (QED) is 0.731. The highest BCUT2D eigenvalue weighted by atomic mass is 16.5. The zero-order valence-electron chi connectivity index (χ0n) is 14.1. The molecule has 0 fully saturated rings. The van der Waals surface area contributed by atoms with E-state index in [0.29, 0.717) is 22.5 Å². The summed E-state index contributed by atoms with van der Waals surface area (Å²) in [5.74, 6) is 0.427. The van der Waals surface area contributed by atoms with Crippen LogP contribution in [0.1, 0.15) is 15.9 Å². The van der Waals surface area contributed by atoms with Crippen molar-refractivity contribution < 1.29 is 9.53 Å².